The third kappa shape index (κ3) is 3.91. The van der Waals surface area contributed by atoms with Crippen LogP contribution in [0.2, 0.25) is 0 Å². The van der Waals surface area contributed by atoms with E-state index in [0.29, 0.717) is 33.6 Å². The highest BCUT2D eigenvalue weighted by molar-refractivity contribution is 5.92. The van der Waals surface area contributed by atoms with E-state index in [0.717, 1.165) is 5.69 Å². The molecule has 0 aliphatic heterocycles. The van der Waals surface area contributed by atoms with Gasteiger partial charge in [0, 0.05) is 12.3 Å². The van der Waals surface area contributed by atoms with Crippen molar-refractivity contribution in [3.8, 4) is 22.8 Å². The third-order valence-corrected chi connectivity index (χ3v) is 5.10. The fourth-order valence-corrected chi connectivity index (χ4v) is 3.67. The van der Waals surface area contributed by atoms with Crippen LogP contribution in [0.25, 0.3) is 28.1 Å². The van der Waals surface area contributed by atoms with Crippen LogP contribution in [0.3, 0.4) is 0 Å². The average Bonchev–Trinajstić information content (AvgIpc) is 3.14. The zero-order valence-corrected chi connectivity index (χ0v) is 17.7. The first-order valence-corrected chi connectivity index (χ1v) is 10.2. The van der Waals surface area contributed by atoms with E-state index in [1.165, 1.54) is 18.2 Å². The molecule has 2 aromatic carbocycles. The molecule has 0 aliphatic carbocycles. The van der Waals surface area contributed by atoms with Gasteiger partial charge >= 0.3 is 0 Å². The Balaban J connectivity index is 1.70. The minimum atomic E-state index is -0.337. The summed E-state index contributed by atoms with van der Waals surface area (Å²) in [5.41, 5.74) is 15.1. The first-order valence-electron chi connectivity index (χ1n) is 10.2. The number of pyridine rings is 1. The number of para-hydroxylation sites is 1. The Morgan fingerprint density at radius 1 is 0.970 bits per heavy atom. The predicted octanol–water partition coefficient (Wildman–Crippen LogP) is 4.07. The molecule has 5 aromatic rings. The van der Waals surface area contributed by atoms with Gasteiger partial charge in [0.1, 0.15) is 29.8 Å². The summed E-state index contributed by atoms with van der Waals surface area (Å²) in [6.07, 6.45) is 1.61. The fourth-order valence-electron chi connectivity index (χ4n) is 3.67. The Labute approximate surface area is 188 Å². The molecule has 0 radical (unpaired) electrons. The highest BCUT2D eigenvalue weighted by Gasteiger charge is 2.22. The maximum Gasteiger partial charge on any atom is 0.169 e. The molecule has 0 aliphatic rings. The van der Waals surface area contributed by atoms with Gasteiger partial charge in [-0.1, -0.05) is 30.3 Å². The van der Waals surface area contributed by atoms with E-state index >= 15 is 0 Å². The molecule has 3 aromatic heterocycles. The predicted molar refractivity (Wildman–Crippen MR) is 124 cm³/mol. The number of nitrogen functional groups attached to an aromatic ring is 2. The molecular weight excluding hydrogens is 421 g/mol. The Morgan fingerprint density at radius 3 is 2.45 bits per heavy atom. The summed E-state index contributed by atoms with van der Waals surface area (Å²) in [6, 6.07) is 17.4. The molecule has 0 amide bonds. The second-order valence-corrected chi connectivity index (χ2v) is 7.49. The van der Waals surface area contributed by atoms with Crippen LogP contribution in [0.5, 0.6) is 5.75 Å². The average molecular weight is 441 g/mol. The lowest BCUT2D eigenvalue weighted by molar-refractivity contribution is 0.310. The molecule has 5 rings (SSSR count). The molecule has 164 valence electrons. The van der Waals surface area contributed by atoms with Crippen LogP contribution < -0.4 is 16.2 Å². The number of aromatic nitrogens is 5. The number of rotatable bonds is 5. The van der Waals surface area contributed by atoms with Crippen molar-refractivity contribution in [3.63, 3.8) is 0 Å². The van der Waals surface area contributed by atoms with Crippen LogP contribution >= 0.6 is 0 Å². The highest BCUT2D eigenvalue weighted by Crippen LogP contribution is 2.37. The van der Waals surface area contributed by atoms with Crippen molar-refractivity contribution in [1.82, 2.24) is 24.7 Å². The minimum absolute atomic E-state index is 0.123. The van der Waals surface area contributed by atoms with Crippen LogP contribution in [-0.2, 0) is 6.61 Å². The molecule has 3 heterocycles. The zero-order chi connectivity index (χ0) is 22.9. The first kappa shape index (κ1) is 20.4. The second-order valence-electron chi connectivity index (χ2n) is 7.49. The lowest BCUT2D eigenvalue weighted by Gasteiger charge is -2.13. The van der Waals surface area contributed by atoms with Crippen molar-refractivity contribution in [2.75, 3.05) is 11.5 Å². The molecule has 0 spiro atoms. The monoisotopic (exact) mass is 441 g/mol. The van der Waals surface area contributed by atoms with Gasteiger partial charge in [-0.25, -0.2) is 24.0 Å². The Hall–Kier alpha value is -4.53. The van der Waals surface area contributed by atoms with Crippen LogP contribution in [0.4, 0.5) is 16.0 Å². The van der Waals surface area contributed by atoms with Gasteiger partial charge in [0.15, 0.2) is 11.5 Å². The second kappa shape index (κ2) is 8.19. The number of anilines is 2. The van der Waals surface area contributed by atoms with E-state index in [2.05, 4.69) is 20.1 Å². The van der Waals surface area contributed by atoms with Crippen LogP contribution in [-0.4, -0.2) is 24.7 Å². The first-order chi connectivity index (χ1) is 16.0. The molecule has 0 atom stereocenters. The normalized spacial score (nSPS) is 11.1. The number of benzene rings is 2. The summed E-state index contributed by atoms with van der Waals surface area (Å²) in [5, 5.41) is 5.38. The molecule has 0 unspecified atom stereocenters. The summed E-state index contributed by atoms with van der Waals surface area (Å²) in [5.74, 6) is 0.865. The molecule has 4 N–H and O–H groups in total. The van der Waals surface area contributed by atoms with Crippen LogP contribution in [0.15, 0.2) is 66.9 Å². The van der Waals surface area contributed by atoms with Crippen LogP contribution in [0, 0.1) is 12.7 Å². The van der Waals surface area contributed by atoms with E-state index in [1.54, 1.807) is 23.0 Å². The summed E-state index contributed by atoms with van der Waals surface area (Å²) < 4.78 is 21.7. The van der Waals surface area contributed by atoms with Gasteiger partial charge in [0.25, 0.3) is 0 Å². The van der Waals surface area contributed by atoms with Crippen molar-refractivity contribution in [2.45, 2.75) is 13.5 Å². The quantitative estimate of drug-likeness (QED) is 0.422. The number of aryl methyl sites for hydroxylation is 1. The van der Waals surface area contributed by atoms with Gasteiger partial charge in [-0.05, 0) is 36.8 Å². The summed E-state index contributed by atoms with van der Waals surface area (Å²) in [7, 11) is 0. The van der Waals surface area contributed by atoms with E-state index in [1.807, 2.05) is 37.3 Å². The summed E-state index contributed by atoms with van der Waals surface area (Å²) in [4.78, 5) is 13.3. The fraction of sp³-hybridized carbons (Fsp3) is 0.0833. The maximum atomic E-state index is 13.7. The summed E-state index contributed by atoms with van der Waals surface area (Å²) in [6.45, 7) is 1.99. The van der Waals surface area contributed by atoms with Crippen molar-refractivity contribution < 1.29 is 9.13 Å². The zero-order valence-electron chi connectivity index (χ0n) is 17.7. The van der Waals surface area contributed by atoms with Crippen LogP contribution in [0.1, 0.15) is 11.3 Å². The topological polar surface area (TPSA) is 118 Å². The number of halogens is 1. The molecule has 8 nitrogen and oxygen atoms in total. The summed E-state index contributed by atoms with van der Waals surface area (Å²) >= 11 is 0. The standard InChI is InChI=1S/C24H20FN7O/c1-14-21-22(33-13-15-6-5-7-16(25)10-15)18(23-29-19(26)11-20(27)30-23)12-28-24(21)32(31-14)17-8-3-2-4-9-17/h2-12H,13H2,1H3,(H4,26,27,29,30). The van der Waals surface area contributed by atoms with Gasteiger partial charge in [0.2, 0.25) is 0 Å². The van der Waals surface area contributed by atoms with Gasteiger partial charge in [-0.15, -0.1) is 0 Å². The Bertz CT molecular complexity index is 1450. The number of nitrogens with two attached hydrogens (primary N) is 2. The van der Waals surface area contributed by atoms with Crippen molar-refractivity contribution >= 4 is 22.7 Å². The van der Waals surface area contributed by atoms with Crippen molar-refractivity contribution in [2.24, 2.45) is 0 Å². The minimum Gasteiger partial charge on any atom is -0.487 e. The van der Waals surface area contributed by atoms with Gasteiger partial charge in [-0.3, -0.25) is 0 Å². The SMILES string of the molecule is Cc1nn(-c2ccccc2)c2ncc(-c3nc(N)cc(N)n3)c(OCc3cccc(F)c3)c12. The Morgan fingerprint density at radius 2 is 1.73 bits per heavy atom. The number of hydrogen-bond donors (Lipinski definition) is 2. The highest BCUT2D eigenvalue weighted by atomic mass is 19.1. The molecule has 33 heavy (non-hydrogen) atoms. The lowest BCUT2D eigenvalue weighted by atomic mass is 10.1. The third-order valence-electron chi connectivity index (χ3n) is 5.10. The smallest absolute Gasteiger partial charge is 0.169 e. The molecule has 0 saturated carbocycles. The van der Waals surface area contributed by atoms with Crippen molar-refractivity contribution in [3.05, 3.63) is 83.9 Å². The number of nitrogens with zero attached hydrogens (tertiary/aromatic N) is 5. The Kier molecular flexibility index (Phi) is 5.06. The lowest BCUT2D eigenvalue weighted by Crippen LogP contribution is -2.04. The van der Waals surface area contributed by atoms with Crippen molar-refractivity contribution in [1.29, 1.82) is 0 Å². The molecule has 9 heteroatoms. The van der Waals surface area contributed by atoms with E-state index < -0.39 is 0 Å². The molecule has 0 saturated heterocycles. The molecule has 0 bridgehead atoms. The van der Waals surface area contributed by atoms with E-state index in [9.17, 15) is 4.39 Å². The largest absolute Gasteiger partial charge is 0.487 e. The molecule has 0 fully saturated rings. The number of fused-ring (bicyclic) bond motifs is 1. The van der Waals surface area contributed by atoms with Gasteiger partial charge < -0.3 is 16.2 Å². The van der Waals surface area contributed by atoms with E-state index in [-0.39, 0.29) is 29.9 Å². The number of ether oxygens (including phenoxy) is 1. The molecular formula is C24H20FN7O. The van der Waals surface area contributed by atoms with Gasteiger partial charge in [-0.2, -0.15) is 5.10 Å². The van der Waals surface area contributed by atoms with E-state index in [4.69, 9.17) is 16.2 Å². The number of hydrogen-bond acceptors (Lipinski definition) is 7. The van der Waals surface area contributed by atoms with Gasteiger partial charge in [0.05, 0.1) is 22.3 Å². The maximum absolute atomic E-state index is 13.7.